The Balaban J connectivity index is 0.000000194. The van der Waals surface area contributed by atoms with Crippen LogP contribution in [0.5, 0.6) is 5.88 Å². The number of nitrogens with one attached hydrogen (secondary N) is 3. The van der Waals surface area contributed by atoms with Crippen molar-refractivity contribution in [1.82, 2.24) is 20.4 Å². The molecule has 2 heterocycles. The summed E-state index contributed by atoms with van der Waals surface area (Å²) in [5.74, 6) is 1.13. The van der Waals surface area contributed by atoms with Crippen molar-refractivity contribution in [3.8, 4) is 5.88 Å². The predicted molar refractivity (Wildman–Crippen MR) is 243 cm³/mol. The second-order valence-corrected chi connectivity index (χ2v) is 15.0. The molecule has 2 saturated carbocycles. The van der Waals surface area contributed by atoms with Crippen molar-refractivity contribution in [2.24, 2.45) is 43.7 Å². The van der Waals surface area contributed by atoms with Crippen LogP contribution in [0.2, 0.25) is 0 Å². The standard InChI is InChI=1S/C17H17N5OS.C14H19N3S.C10H17N3S/c1-11(2)22-14-8-4-3-7-13(14)15(16(22)23)20-21-17(24)19-12-6-5-9-18-10-12;15-14(18)17-16-13-9-5-4-8-12(13)10-11-6-2-1-3-7-11;1-2-5-8-6-3-4-7-9(8)12-13-10(11)14/h3-11,23H,1-2H3,(H,19,24);1-3,6-7,12H,4-5,8-10H2,(H3,15,17,18);2,8H,1,3-7H2,(H3,11,13,14)/b;16-13+;12-9+. The van der Waals surface area contributed by atoms with Crippen LogP contribution in [-0.4, -0.2) is 41.4 Å². The Morgan fingerprint density at radius 3 is 2.12 bits per heavy atom. The summed E-state index contributed by atoms with van der Waals surface area (Å²) in [6.07, 6.45) is 16.8. The van der Waals surface area contributed by atoms with Gasteiger partial charge < -0.3 is 26.5 Å². The topological polar surface area (TPSA) is 176 Å². The molecule has 15 heteroatoms. The van der Waals surface area contributed by atoms with Crippen LogP contribution in [0.1, 0.15) is 83.2 Å². The smallest absolute Gasteiger partial charge is 0.221 e. The summed E-state index contributed by atoms with van der Waals surface area (Å²) in [7, 11) is 0. The monoisotopic (exact) mass is 811 g/mol. The number of aromatic nitrogens is 2. The minimum absolute atomic E-state index is 0.0825. The van der Waals surface area contributed by atoms with Gasteiger partial charge in [-0.2, -0.15) is 10.2 Å². The first kappa shape index (κ1) is 43.6. The van der Waals surface area contributed by atoms with Crippen LogP contribution in [-0.2, 0) is 6.42 Å². The summed E-state index contributed by atoms with van der Waals surface area (Å²) >= 11 is 14.7. The maximum absolute atomic E-state index is 10.5. The van der Waals surface area contributed by atoms with Gasteiger partial charge in [0.1, 0.15) is 0 Å². The average Bonchev–Trinajstić information content (AvgIpc) is 3.48. The predicted octanol–water partition coefficient (Wildman–Crippen LogP) is 9.35. The molecule has 2 unspecified atom stereocenters. The number of aromatic hydroxyl groups is 1. The lowest BCUT2D eigenvalue weighted by molar-refractivity contribution is 0.407. The molecule has 2 atom stereocenters. The minimum atomic E-state index is 0.0825. The molecule has 0 radical (unpaired) electrons. The van der Waals surface area contributed by atoms with Crippen LogP contribution in [0.3, 0.4) is 0 Å². The van der Waals surface area contributed by atoms with E-state index in [2.05, 4.69) is 72.4 Å². The number of para-hydroxylation sites is 1. The van der Waals surface area contributed by atoms with Crippen molar-refractivity contribution in [3.05, 3.63) is 97.3 Å². The number of hydrazone groups is 2. The molecule has 8 N–H and O–H groups in total. The van der Waals surface area contributed by atoms with E-state index in [1.165, 1.54) is 55.5 Å². The molecule has 2 fully saturated rings. The molecular formula is C41H53N11OS3. The Labute approximate surface area is 346 Å². The first-order chi connectivity index (χ1) is 27.1. The van der Waals surface area contributed by atoms with Crippen molar-refractivity contribution < 1.29 is 5.11 Å². The SMILES string of the molecule is C=CCC1CCCC/C1=N\NC(N)=S.CC(C)n1c(O)c(N=NC(=S)Nc2cccnc2)c2ccccc21.NC(=S)N/N=C1\CCCCC1Cc1ccccc1. The van der Waals surface area contributed by atoms with Gasteiger partial charge in [-0.05, 0) is 126 Å². The summed E-state index contributed by atoms with van der Waals surface area (Å²) in [6, 6.07) is 22.0. The first-order valence-electron chi connectivity index (χ1n) is 18.9. The van der Waals surface area contributed by atoms with Crippen LogP contribution >= 0.6 is 36.7 Å². The molecular weight excluding hydrogens is 759 g/mol. The van der Waals surface area contributed by atoms with E-state index in [1.54, 1.807) is 18.5 Å². The third kappa shape index (κ3) is 13.9. The van der Waals surface area contributed by atoms with Gasteiger partial charge in [-0.3, -0.25) is 15.8 Å². The van der Waals surface area contributed by atoms with Crippen molar-refractivity contribution >= 4 is 85.7 Å². The lowest BCUT2D eigenvalue weighted by atomic mass is 9.83. The second kappa shape index (κ2) is 23.1. The normalized spacial score (nSPS) is 18.1. The fourth-order valence-electron chi connectivity index (χ4n) is 6.79. The molecule has 2 aromatic carbocycles. The molecule has 0 spiro atoms. The number of hydrogen-bond acceptors (Lipinski definition) is 8. The highest BCUT2D eigenvalue weighted by Crippen LogP contribution is 2.40. The van der Waals surface area contributed by atoms with Crippen molar-refractivity contribution in [2.45, 2.75) is 84.1 Å². The highest BCUT2D eigenvalue weighted by molar-refractivity contribution is 7.80. The van der Waals surface area contributed by atoms with Gasteiger partial charge in [-0.25, -0.2) is 0 Å². The van der Waals surface area contributed by atoms with Gasteiger partial charge in [0.25, 0.3) is 0 Å². The van der Waals surface area contributed by atoms with E-state index in [1.807, 2.05) is 60.9 Å². The zero-order chi connectivity index (χ0) is 40.3. The number of pyridine rings is 1. The molecule has 2 aliphatic carbocycles. The summed E-state index contributed by atoms with van der Waals surface area (Å²) in [6.45, 7) is 7.76. The number of thiocarbonyl (C=S) groups is 3. The van der Waals surface area contributed by atoms with E-state index >= 15 is 0 Å². The van der Waals surface area contributed by atoms with Gasteiger partial charge in [0.2, 0.25) is 11.0 Å². The summed E-state index contributed by atoms with van der Waals surface area (Å²) in [4.78, 5) is 4.00. The Morgan fingerprint density at radius 2 is 1.52 bits per heavy atom. The van der Waals surface area contributed by atoms with Gasteiger partial charge >= 0.3 is 0 Å². The fourth-order valence-corrected chi connectivity index (χ4v) is 7.04. The number of fused-ring (bicyclic) bond motifs is 1. The Bertz CT molecular complexity index is 2000. The molecule has 6 rings (SSSR count). The van der Waals surface area contributed by atoms with E-state index in [0.717, 1.165) is 42.3 Å². The third-order valence-electron chi connectivity index (χ3n) is 9.34. The number of allylic oxidation sites excluding steroid dienone is 1. The van der Waals surface area contributed by atoms with Gasteiger partial charge in [0.05, 0.1) is 17.4 Å². The van der Waals surface area contributed by atoms with E-state index in [4.69, 9.17) is 48.1 Å². The van der Waals surface area contributed by atoms with Gasteiger partial charge in [-0.15, -0.1) is 16.8 Å². The Hall–Kier alpha value is -5.12. The largest absolute Gasteiger partial charge is 0.493 e. The van der Waals surface area contributed by atoms with E-state index in [9.17, 15) is 5.11 Å². The maximum Gasteiger partial charge on any atom is 0.221 e. The number of azo groups is 1. The zero-order valence-electron chi connectivity index (χ0n) is 32.1. The highest BCUT2D eigenvalue weighted by atomic mass is 32.1. The molecule has 0 saturated heterocycles. The lowest BCUT2D eigenvalue weighted by Gasteiger charge is -2.24. The van der Waals surface area contributed by atoms with Crippen LogP contribution in [0.4, 0.5) is 11.4 Å². The number of anilines is 1. The van der Waals surface area contributed by atoms with Gasteiger partial charge in [0, 0.05) is 40.9 Å². The van der Waals surface area contributed by atoms with Crippen LogP contribution in [0, 0.1) is 11.8 Å². The molecule has 4 aromatic rings. The molecule has 0 amide bonds. The van der Waals surface area contributed by atoms with E-state index < -0.39 is 0 Å². The third-order valence-corrected chi connectivity index (χ3v) is 9.70. The summed E-state index contributed by atoms with van der Waals surface area (Å²) < 4.78 is 1.82. The van der Waals surface area contributed by atoms with Crippen LogP contribution < -0.4 is 27.6 Å². The van der Waals surface area contributed by atoms with Crippen molar-refractivity contribution in [1.29, 1.82) is 0 Å². The Kier molecular flexibility index (Phi) is 18.0. The molecule has 296 valence electrons. The van der Waals surface area contributed by atoms with Gasteiger partial charge in [0.15, 0.2) is 15.9 Å². The molecule has 2 aromatic heterocycles. The van der Waals surface area contributed by atoms with Crippen molar-refractivity contribution in [3.63, 3.8) is 0 Å². The lowest BCUT2D eigenvalue weighted by Crippen LogP contribution is -2.29. The fraction of sp³-hybridized carbons (Fsp3) is 0.366. The van der Waals surface area contributed by atoms with E-state index in [0.29, 0.717) is 17.5 Å². The first-order valence-corrected chi connectivity index (χ1v) is 20.1. The van der Waals surface area contributed by atoms with Crippen LogP contribution in [0.15, 0.2) is 112 Å². The molecule has 2 aliphatic rings. The van der Waals surface area contributed by atoms with E-state index in [-0.39, 0.29) is 27.3 Å². The van der Waals surface area contributed by atoms with Crippen molar-refractivity contribution in [2.75, 3.05) is 5.32 Å². The maximum atomic E-state index is 10.5. The molecule has 12 nitrogen and oxygen atoms in total. The quantitative estimate of drug-likeness (QED) is 0.0414. The second-order valence-electron chi connectivity index (χ2n) is 13.8. The number of hydrogen-bond donors (Lipinski definition) is 6. The minimum Gasteiger partial charge on any atom is -0.493 e. The average molecular weight is 812 g/mol. The number of benzene rings is 2. The molecule has 0 bridgehead atoms. The number of rotatable bonds is 9. The Morgan fingerprint density at radius 1 is 0.893 bits per heavy atom. The highest BCUT2D eigenvalue weighted by Gasteiger charge is 2.22. The molecule has 0 aliphatic heterocycles. The number of nitrogens with zero attached hydrogens (tertiary/aromatic N) is 6. The summed E-state index contributed by atoms with van der Waals surface area (Å²) in [5.41, 5.74) is 21.9. The number of nitrogens with two attached hydrogens (primary N) is 2. The summed E-state index contributed by atoms with van der Waals surface area (Å²) in [5, 5.41) is 31.7. The van der Waals surface area contributed by atoms with Gasteiger partial charge in [-0.1, -0.05) is 67.4 Å². The zero-order valence-corrected chi connectivity index (χ0v) is 34.6. The molecule has 56 heavy (non-hydrogen) atoms. The van der Waals surface area contributed by atoms with Crippen LogP contribution in [0.25, 0.3) is 10.9 Å².